The van der Waals surface area contributed by atoms with E-state index in [9.17, 15) is 20.1 Å². The summed E-state index contributed by atoms with van der Waals surface area (Å²) in [7, 11) is 0. The van der Waals surface area contributed by atoms with Gasteiger partial charge in [0, 0.05) is 5.56 Å². The van der Waals surface area contributed by atoms with E-state index in [1.807, 2.05) is 13.0 Å². The number of aromatic hydroxyl groups is 3. The lowest BCUT2D eigenvalue weighted by atomic mass is 10.0. The molecule has 0 amide bonds. The summed E-state index contributed by atoms with van der Waals surface area (Å²) in [6.07, 6.45) is 6.43. The molecule has 3 N–H and O–H groups in total. The van der Waals surface area contributed by atoms with Gasteiger partial charge in [0.2, 0.25) is 0 Å². The number of unbranched alkanes of at least 4 members (excludes halogenated alkanes) is 3. The zero-order valence-electron chi connectivity index (χ0n) is 20.0. The average molecular weight is 467 g/mol. The van der Waals surface area contributed by atoms with Gasteiger partial charge in [-0.15, -0.1) is 0 Å². The van der Waals surface area contributed by atoms with Gasteiger partial charge in [-0.05, 0) is 73.2 Å². The summed E-state index contributed by atoms with van der Waals surface area (Å²) in [6, 6.07) is 12.6. The van der Waals surface area contributed by atoms with E-state index in [4.69, 9.17) is 9.47 Å². The van der Waals surface area contributed by atoms with Crippen LogP contribution >= 0.6 is 0 Å². The Hall–Kier alpha value is -3.41. The first-order valence-corrected chi connectivity index (χ1v) is 12.0. The molecule has 0 radical (unpaired) electrons. The van der Waals surface area contributed by atoms with E-state index in [0.29, 0.717) is 24.3 Å². The molecule has 6 heteroatoms. The smallest absolute Gasteiger partial charge is 0.341 e. The number of phenols is 3. The van der Waals surface area contributed by atoms with Gasteiger partial charge in [0.15, 0.2) is 11.5 Å². The molecular formula is C28H34O6. The molecule has 3 aromatic carbocycles. The minimum Gasteiger partial charge on any atom is -0.507 e. The minimum atomic E-state index is -0.523. The van der Waals surface area contributed by atoms with Crippen molar-refractivity contribution in [3.05, 3.63) is 59.2 Å². The minimum absolute atomic E-state index is 0.0447. The fourth-order valence-corrected chi connectivity index (χ4v) is 4.06. The number of carbonyl (C=O) groups is 1. The number of hydrogen-bond acceptors (Lipinski definition) is 6. The van der Waals surface area contributed by atoms with Gasteiger partial charge >= 0.3 is 5.97 Å². The van der Waals surface area contributed by atoms with Crippen LogP contribution in [0.15, 0.2) is 42.5 Å². The summed E-state index contributed by atoms with van der Waals surface area (Å²) in [6.45, 7) is 4.56. The molecule has 0 saturated carbocycles. The van der Waals surface area contributed by atoms with E-state index in [1.165, 1.54) is 5.56 Å². The predicted octanol–water partition coefficient (Wildman–Crippen LogP) is 6.27. The first-order chi connectivity index (χ1) is 16.4. The van der Waals surface area contributed by atoms with Crippen LogP contribution in [0.25, 0.3) is 10.8 Å². The molecule has 0 aliphatic rings. The number of ether oxygens (including phenoxy) is 2. The number of rotatable bonds is 12. The summed E-state index contributed by atoms with van der Waals surface area (Å²) in [5.74, 6) is -0.148. The second-order valence-corrected chi connectivity index (χ2v) is 8.44. The van der Waals surface area contributed by atoms with Crippen LogP contribution in [0, 0.1) is 0 Å². The van der Waals surface area contributed by atoms with Crippen molar-refractivity contribution in [2.24, 2.45) is 0 Å². The molecule has 0 bridgehead atoms. The lowest BCUT2D eigenvalue weighted by molar-refractivity contribution is 0.0522. The number of esters is 1. The molecule has 0 atom stereocenters. The van der Waals surface area contributed by atoms with Crippen molar-refractivity contribution in [3.8, 4) is 23.0 Å². The maximum Gasteiger partial charge on any atom is 0.341 e. The van der Waals surface area contributed by atoms with Crippen molar-refractivity contribution in [2.45, 2.75) is 58.8 Å². The fourth-order valence-electron chi connectivity index (χ4n) is 4.06. The van der Waals surface area contributed by atoms with Gasteiger partial charge in [-0.3, -0.25) is 0 Å². The van der Waals surface area contributed by atoms with Crippen LogP contribution in [0.1, 0.15) is 67.4 Å². The molecule has 0 unspecified atom stereocenters. The Bertz CT molecular complexity index is 1120. The van der Waals surface area contributed by atoms with Crippen molar-refractivity contribution < 1.29 is 29.6 Å². The highest BCUT2D eigenvalue weighted by Gasteiger charge is 2.19. The van der Waals surface area contributed by atoms with Crippen LogP contribution in [-0.2, 0) is 17.6 Å². The van der Waals surface area contributed by atoms with Gasteiger partial charge in [-0.2, -0.15) is 0 Å². The molecule has 6 nitrogen and oxygen atoms in total. The van der Waals surface area contributed by atoms with Gasteiger partial charge in [-0.1, -0.05) is 44.4 Å². The Morgan fingerprint density at radius 1 is 0.824 bits per heavy atom. The Labute approximate surface area is 200 Å². The molecular weight excluding hydrogens is 432 g/mol. The van der Waals surface area contributed by atoms with Crippen molar-refractivity contribution in [1.82, 2.24) is 0 Å². The number of fused-ring (bicyclic) bond motifs is 1. The topological polar surface area (TPSA) is 96.2 Å². The first-order valence-electron chi connectivity index (χ1n) is 12.0. The van der Waals surface area contributed by atoms with Gasteiger partial charge in [0.1, 0.15) is 17.1 Å². The highest BCUT2D eigenvalue weighted by atomic mass is 16.5. The van der Waals surface area contributed by atoms with Crippen LogP contribution < -0.4 is 4.74 Å². The number of hydrogen-bond donors (Lipinski definition) is 3. The first kappa shape index (κ1) is 25.2. The van der Waals surface area contributed by atoms with E-state index in [0.717, 1.165) is 49.3 Å². The maximum atomic E-state index is 12.0. The van der Waals surface area contributed by atoms with Gasteiger partial charge < -0.3 is 24.8 Å². The molecule has 182 valence electrons. The van der Waals surface area contributed by atoms with Gasteiger partial charge in [-0.25, -0.2) is 4.79 Å². The van der Waals surface area contributed by atoms with Crippen LogP contribution in [-0.4, -0.2) is 34.5 Å². The normalized spacial score (nSPS) is 11.0. The van der Waals surface area contributed by atoms with E-state index >= 15 is 0 Å². The highest BCUT2D eigenvalue weighted by molar-refractivity contribution is 5.93. The molecule has 0 heterocycles. The van der Waals surface area contributed by atoms with E-state index < -0.39 is 5.97 Å². The zero-order valence-corrected chi connectivity index (χ0v) is 20.0. The van der Waals surface area contributed by atoms with Crippen LogP contribution in [0.2, 0.25) is 0 Å². The Balaban J connectivity index is 1.46. The van der Waals surface area contributed by atoms with Crippen molar-refractivity contribution in [3.63, 3.8) is 0 Å². The molecule has 0 spiro atoms. The lowest BCUT2D eigenvalue weighted by Gasteiger charge is -2.15. The average Bonchev–Trinajstić information content (AvgIpc) is 2.81. The van der Waals surface area contributed by atoms with Crippen molar-refractivity contribution in [2.75, 3.05) is 13.2 Å². The molecule has 3 aromatic rings. The fraction of sp³-hybridized carbons (Fsp3) is 0.393. The summed E-state index contributed by atoms with van der Waals surface area (Å²) in [5.41, 5.74) is 2.04. The summed E-state index contributed by atoms with van der Waals surface area (Å²) >= 11 is 0. The highest BCUT2D eigenvalue weighted by Crippen LogP contribution is 2.33. The van der Waals surface area contributed by atoms with Gasteiger partial charge in [0.25, 0.3) is 0 Å². The third-order valence-corrected chi connectivity index (χ3v) is 5.85. The Kier molecular flexibility index (Phi) is 9.02. The number of phenolic OH excluding ortho intramolecular Hbond substituents is 3. The van der Waals surface area contributed by atoms with Crippen LogP contribution in [0.5, 0.6) is 23.0 Å². The largest absolute Gasteiger partial charge is 0.507 e. The molecule has 3 rings (SSSR count). The van der Waals surface area contributed by atoms with Crippen molar-refractivity contribution >= 4 is 16.7 Å². The third kappa shape index (κ3) is 6.34. The summed E-state index contributed by atoms with van der Waals surface area (Å²) in [4.78, 5) is 12.0. The molecule has 0 saturated heterocycles. The maximum absolute atomic E-state index is 12.0. The molecule has 0 fully saturated rings. The molecule has 0 aliphatic heterocycles. The zero-order chi connectivity index (χ0) is 24.5. The third-order valence-electron chi connectivity index (χ3n) is 5.85. The Morgan fingerprint density at radius 3 is 2.29 bits per heavy atom. The Morgan fingerprint density at radius 2 is 1.56 bits per heavy atom. The van der Waals surface area contributed by atoms with E-state index in [-0.39, 0.29) is 29.4 Å². The summed E-state index contributed by atoms with van der Waals surface area (Å²) in [5, 5.41) is 31.7. The van der Waals surface area contributed by atoms with E-state index in [2.05, 4.69) is 12.1 Å². The SMILES string of the molecule is CCCc1c(OCCCCCCc2ccc3cc(O)c(O)cc3c2)ccc(C(=O)OCC)c1O. The number of aryl methyl sites for hydroxylation is 1. The standard InChI is InChI=1S/C28H34O6/c1-3-9-22-26(14-13-23(27(22)31)28(32)33-4-2)34-15-8-6-5-7-10-19-11-12-20-17-24(29)25(30)18-21(20)16-19/h11-14,16-18,29-31H,3-10,15H2,1-2H3. The van der Waals surface area contributed by atoms with Crippen LogP contribution in [0.3, 0.4) is 0 Å². The quantitative estimate of drug-likeness (QED) is 0.165. The molecule has 0 aromatic heterocycles. The van der Waals surface area contributed by atoms with Crippen molar-refractivity contribution in [1.29, 1.82) is 0 Å². The lowest BCUT2D eigenvalue weighted by Crippen LogP contribution is -2.08. The second-order valence-electron chi connectivity index (χ2n) is 8.44. The predicted molar refractivity (Wildman–Crippen MR) is 133 cm³/mol. The molecule has 0 aliphatic carbocycles. The summed E-state index contributed by atoms with van der Waals surface area (Å²) < 4.78 is 11.0. The monoisotopic (exact) mass is 466 g/mol. The molecule has 34 heavy (non-hydrogen) atoms. The van der Waals surface area contributed by atoms with Gasteiger partial charge in [0.05, 0.1) is 13.2 Å². The van der Waals surface area contributed by atoms with Crippen LogP contribution in [0.4, 0.5) is 0 Å². The van der Waals surface area contributed by atoms with E-state index in [1.54, 1.807) is 31.2 Å². The second kappa shape index (κ2) is 12.2. The number of benzene rings is 3. The number of carbonyl (C=O) groups excluding carboxylic acids is 1.